The van der Waals surface area contributed by atoms with Gasteiger partial charge in [-0.3, -0.25) is 4.99 Å². The SMILES string of the molecule is CCC(CC)CNC(=NC)NCCOCCS(C)(=O)=O.I. The fourth-order valence-electron chi connectivity index (χ4n) is 1.59. The minimum Gasteiger partial charge on any atom is -0.379 e. The van der Waals surface area contributed by atoms with Crippen molar-refractivity contribution < 1.29 is 13.2 Å². The molecule has 0 aromatic rings. The lowest BCUT2D eigenvalue weighted by molar-refractivity contribution is 0.154. The molecule has 0 aliphatic carbocycles. The zero-order valence-electron chi connectivity index (χ0n) is 13.5. The Bertz CT molecular complexity index is 371. The van der Waals surface area contributed by atoms with Crippen LogP contribution in [0.2, 0.25) is 0 Å². The van der Waals surface area contributed by atoms with Crippen LogP contribution in [-0.2, 0) is 14.6 Å². The van der Waals surface area contributed by atoms with Crippen LogP contribution in [0.1, 0.15) is 26.7 Å². The van der Waals surface area contributed by atoms with E-state index in [0.717, 1.165) is 25.3 Å². The smallest absolute Gasteiger partial charge is 0.191 e. The number of aliphatic imine (C=N–C) groups is 1. The molecule has 0 amide bonds. The Morgan fingerprint density at radius 2 is 1.81 bits per heavy atom. The zero-order valence-corrected chi connectivity index (χ0v) is 16.7. The molecule has 0 spiro atoms. The van der Waals surface area contributed by atoms with Gasteiger partial charge in [0.2, 0.25) is 0 Å². The Kier molecular flexibility index (Phi) is 15.0. The molecule has 0 aromatic heterocycles. The van der Waals surface area contributed by atoms with Crippen molar-refractivity contribution >= 4 is 39.8 Å². The molecule has 128 valence electrons. The summed E-state index contributed by atoms with van der Waals surface area (Å²) >= 11 is 0. The van der Waals surface area contributed by atoms with Crippen LogP contribution >= 0.6 is 24.0 Å². The average Bonchev–Trinajstić information content (AvgIpc) is 2.40. The van der Waals surface area contributed by atoms with Gasteiger partial charge in [0, 0.05) is 26.4 Å². The largest absolute Gasteiger partial charge is 0.379 e. The quantitative estimate of drug-likeness (QED) is 0.234. The first-order valence-corrected chi connectivity index (χ1v) is 9.19. The number of nitrogens with one attached hydrogen (secondary N) is 2. The van der Waals surface area contributed by atoms with Crippen LogP contribution in [0.5, 0.6) is 0 Å². The van der Waals surface area contributed by atoms with Crippen molar-refractivity contribution in [2.75, 3.05) is 45.4 Å². The van der Waals surface area contributed by atoms with Crippen molar-refractivity contribution in [1.82, 2.24) is 10.6 Å². The minimum atomic E-state index is -2.94. The lowest BCUT2D eigenvalue weighted by atomic mass is 10.0. The van der Waals surface area contributed by atoms with Crippen LogP contribution in [0.15, 0.2) is 4.99 Å². The van der Waals surface area contributed by atoms with E-state index in [-0.39, 0.29) is 36.3 Å². The van der Waals surface area contributed by atoms with Crippen LogP contribution in [-0.4, -0.2) is 59.7 Å². The zero-order chi connectivity index (χ0) is 15.4. The Morgan fingerprint density at radius 3 is 2.29 bits per heavy atom. The minimum absolute atomic E-state index is 0. The van der Waals surface area contributed by atoms with Crippen LogP contribution in [0.3, 0.4) is 0 Å². The van der Waals surface area contributed by atoms with Gasteiger partial charge in [-0.05, 0) is 5.92 Å². The molecule has 8 heteroatoms. The summed E-state index contributed by atoms with van der Waals surface area (Å²) in [5.74, 6) is 1.47. The second-order valence-corrected chi connectivity index (χ2v) is 7.06. The summed E-state index contributed by atoms with van der Waals surface area (Å²) < 4.78 is 27.0. The number of ether oxygens (including phenoxy) is 1. The van der Waals surface area contributed by atoms with Gasteiger partial charge in [0.05, 0.1) is 19.0 Å². The van der Waals surface area contributed by atoms with E-state index in [1.165, 1.54) is 6.26 Å². The summed E-state index contributed by atoms with van der Waals surface area (Å²) in [4.78, 5) is 4.13. The average molecular weight is 435 g/mol. The number of nitrogens with zero attached hydrogens (tertiary/aromatic N) is 1. The van der Waals surface area contributed by atoms with Crippen molar-refractivity contribution in [2.45, 2.75) is 26.7 Å². The molecule has 0 heterocycles. The molecule has 0 saturated carbocycles. The van der Waals surface area contributed by atoms with Crippen molar-refractivity contribution in [2.24, 2.45) is 10.9 Å². The van der Waals surface area contributed by atoms with E-state index in [1.54, 1.807) is 7.05 Å². The number of rotatable bonds is 10. The van der Waals surface area contributed by atoms with Crippen LogP contribution < -0.4 is 10.6 Å². The Hall–Kier alpha value is -0.0900. The van der Waals surface area contributed by atoms with Gasteiger partial charge < -0.3 is 15.4 Å². The molecule has 6 nitrogen and oxygen atoms in total. The van der Waals surface area contributed by atoms with E-state index in [2.05, 4.69) is 29.5 Å². The maximum atomic E-state index is 10.9. The van der Waals surface area contributed by atoms with Gasteiger partial charge in [-0.25, -0.2) is 8.42 Å². The highest BCUT2D eigenvalue weighted by molar-refractivity contribution is 14.0. The van der Waals surface area contributed by atoms with E-state index >= 15 is 0 Å². The van der Waals surface area contributed by atoms with Crippen molar-refractivity contribution in [3.8, 4) is 0 Å². The number of halogens is 1. The molecule has 0 atom stereocenters. The first-order valence-electron chi connectivity index (χ1n) is 7.12. The van der Waals surface area contributed by atoms with Crippen molar-refractivity contribution in [1.29, 1.82) is 0 Å². The summed E-state index contributed by atoms with van der Waals surface area (Å²) in [5, 5.41) is 6.41. The lowest BCUT2D eigenvalue weighted by Gasteiger charge is -2.16. The predicted molar refractivity (Wildman–Crippen MR) is 99.4 cm³/mol. The fraction of sp³-hybridized carbons (Fsp3) is 0.923. The molecule has 0 rings (SSSR count). The normalized spacial score (nSPS) is 12.1. The highest BCUT2D eigenvalue weighted by atomic mass is 127. The Balaban J connectivity index is 0. The van der Waals surface area contributed by atoms with Gasteiger partial charge in [0.25, 0.3) is 0 Å². The van der Waals surface area contributed by atoms with E-state index < -0.39 is 9.84 Å². The third-order valence-corrected chi connectivity index (χ3v) is 3.98. The standard InChI is InChI=1S/C13H29N3O3S.HI/c1-5-12(6-2)11-16-13(14-3)15-7-8-19-9-10-20(4,17)18;/h12H,5-11H2,1-4H3,(H2,14,15,16);1H. The molecular weight excluding hydrogens is 405 g/mol. The summed E-state index contributed by atoms with van der Waals surface area (Å²) in [5.41, 5.74) is 0. The highest BCUT2D eigenvalue weighted by Gasteiger charge is 2.05. The van der Waals surface area contributed by atoms with Gasteiger partial charge in [0.1, 0.15) is 9.84 Å². The summed E-state index contributed by atoms with van der Waals surface area (Å²) in [6, 6.07) is 0. The molecule has 0 aliphatic rings. The highest BCUT2D eigenvalue weighted by Crippen LogP contribution is 2.04. The summed E-state index contributed by atoms with van der Waals surface area (Å²) in [7, 11) is -1.21. The van der Waals surface area contributed by atoms with Crippen LogP contribution in [0.4, 0.5) is 0 Å². The first-order chi connectivity index (χ1) is 9.42. The number of guanidine groups is 1. The van der Waals surface area contributed by atoms with E-state index in [1.807, 2.05) is 0 Å². The molecular formula is C13H30IN3O3S. The molecule has 0 fully saturated rings. The first kappa shape index (κ1) is 23.2. The van der Waals surface area contributed by atoms with E-state index in [0.29, 0.717) is 19.1 Å². The Morgan fingerprint density at radius 1 is 1.19 bits per heavy atom. The topological polar surface area (TPSA) is 79.8 Å². The predicted octanol–water partition coefficient (Wildman–Crippen LogP) is 1.27. The third kappa shape index (κ3) is 14.6. The second-order valence-electron chi connectivity index (χ2n) is 4.80. The maximum absolute atomic E-state index is 10.9. The number of hydrogen-bond acceptors (Lipinski definition) is 4. The second kappa shape index (κ2) is 13.6. The number of hydrogen-bond donors (Lipinski definition) is 2. The third-order valence-electron chi connectivity index (χ3n) is 3.07. The van der Waals surface area contributed by atoms with Gasteiger partial charge in [-0.15, -0.1) is 24.0 Å². The van der Waals surface area contributed by atoms with Crippen molar-refractivity contribution in [3.63, 3.8) is 0 Å². The number of sulfone groups is 1. The van der Waals surface area contributed by atoms with Gasteiger partial charge in [0.15, 0.2) is 5.96 Å². The summed E-state index contributed by atoms with van der Waals surface area (Å²) in [6.45, 7) is 6.57. The molecule has 0 aromatic carbocycles. The Labute approximate surface area is 146 Å². The van der Waals surface area contributed by atoms with Crippen molar-refractivity contribution in [3.05, 3.63) is 0 Å². The van der Waals surface area contributed by atoms with Crippen LogP contribution in [0, 0.1) is 5.92 Å². The maximum Gasteiger partial charge on any atom is 0.191 e. The molecule has 0 bridgehead atoms. The molecule has 0 saturated heterocycles. The van der Waals surface area contributed by atoms with E-state index in [9.17, 15) is 8.42 Å². The monoisotopic (exact) mass is 435 g/mol. The van der Waals surface area contributed by atoms with Crippen LogP contribution in [0.25, 0.3) is 0 Å². The molecule has 0 unspecified atom stereocenters. The molecule has 21 heavy (non-hydrogen) atoms. The summed E-state index contributed by atoms with van der Waals surface area (Å²) in [6.07, 6.45) is 3.50. The molecule has 0 radical (unpaired) electrons. The fourth-order valence-corrected chi connectivity index (χ4v) is 2.01. The molecule has 2 N–H and O–H groups in total. The van der Waals surface area contributed by atoms with Gasteiger partial charge in [-0.2, -0.15) is 0 Å². The lowest BCUT2D eigenvalue weighted by Crippen LogP contribution is -2.41. The van der Waals surface area contributed by atoms with Gasteiger partial charge >= 0.3 is 0 Å². The van der Waals surface area contributed by atoms with E-state index in [4.69, 9.17) is 4.74 Å². The van der Waals surface area contributed by atoms with Gasteiger partial charge in [-0.1, -0.05) is 26.7 Å². The molecule has 0 aliphatic heterocycles.